The molecule has 3 atom stereocenters. The molecule has 0 saturated carbocycles. The largest absolute Gasteiger partial charge is 0.468 e. The van der Waals surface area contributed by atoms with E-state index in [0.29, 0.717) is 34.5 Å². The van der Waals surface area contributed by atoms with E-state index in [-0.39, 0.29) is 11.7 Å². The summed E-state index contributed by atoms with van der Waals surface area (Å²) in [5.41, 5.74) is 2.74. The second-order valence-corrected chi connectivity index (χ2v) is 8.44. The van der Waals surface area contributed by atoms with Gasteiger partial charge in [-0.15, -0.1) is 11.3 Å². The van der Waals surface area contributed by atoms with Crippen LogP contribution in [0.3, 0.4) is 0 Å². The SMILES string of the molecule is COC(=O)C1=C(C)NC2=C(C(=O)[C@H](C(=O)OC)[C@@H](c3cccs3)C2)[C@@H]1c1cccnc1. The van der Waals surface area contributed by atoms with Gasteiger partial charge in [-0.25, -0.2) is 4.79 Å². The van der Waals surface area contributed by atoms with Crippen molar-refractivity contribution in [3.63, 3.8) is 0 Å². The van der Waals surface area contributed by atoms with Crippen molar-refractivity contribution in [2.24, 2.45) is 5.92 Å². The Morgan fingerprint density at radius 2 is 2.00 bits per heavy atom. The van der Waals surface area contributed by atoms with Crippen LogP contribution in [0.1, 0.15) is 35.6 Å². The first-order valence-electron chi connectivity index (χ1n) is 9.82. The van der Waals surface area contributed by atoms with Crippen LogP contribution >= 0.6 is 11.3 Å². The van der Waals surface area contributed by atoms with Crippen LogP contribution < -0.4 is 5.32 Å². The number of thiophene rings is 1. The fraction of sp³-hybridized carbons (Fsp3) is 0.304. The van der Waals surface area contributed by atoms with Crippen molar-refractivity contribution >= 4 is 29.1 Å². The lowest BCUT2D eigenvalue weighted by Gasteiger charge is -2.38. The van der Waals surface area contributed by atoms with Gasteiger partial charge in [0.05, 0.1) is 19.8 Å². The molecular weight excluding hydrogens is 416 g/mol. The van der Waals surface area contributed by atoms with E-state index in [4.69, 9.17) is 9.47 Å². The molecule has 0 fully saturated rings. The molecule has 4 rings (SSSR count). The summed E-state index contributed by atoms with van der Waals surface area (Å²) < 4.78 is 10.0. The highest BCUT2D eigenvalue weighted by atomic mass is 32.1. The topological polar surface area (TPSA) is 94.6 Å². The molecule has 2 aromatic rings. The number of allylic oxidation sites excluding steroid dienone is 3. The van der Waals surface area contributed by atoms with Crippen molar-refractivity contribution < 1.29 is 23.9 Å². The molecule has 31 heavy (non-hydrogen) atoms. The molecule has 0 bridgehead atoms. The first-order valence-corrected chi connectivity index (χ1v) is 10.7. The Morgan fingerprint density at radius 3 is 2.61 bits per heavy atom. The van der Waals surface area contributed by atoms with E-state index in [2.05, 4.69) is 10.3 Å². The quantitative estimate of drug-likeness (QED) is 0.579. The van der Waals surface area contributed by atoms with E-state index >= 15 is 0 Å². The fourth-order valence-corrected chi connectivity index (χ4v) is 5.33. The molecule has 1 aliphatic carbocycles. The van der Waals surface area contributed by atoms with Gasteiger partial charge in [0.1, 0.15) is 5.92 Å². The molecular formula is C23H22N2O5S. The van der Waals surface area contributed by atoms with Crippen molar-refractivity contribution in [1.29, 1.82) is 0 Å². The number of Topliss-reactive ketones (excluding diaryl/α,β-unsaturated/α-hetero) is 1. The van der Waals surface area contributed by atoms with Gasteiger partial charge < -0.3 is 14.8 Å². The maximum absolute atomic E-state index is 13.8. The number of ketones is 1. The van der Waals surface area contributed by atoms with Crippen LogP contribution in [0.15, 0.2) is 64.6 Å². The van der Waals surface area contributed by atoms with Gasteiger partial charge in [0.2, 0.25) is 0 Å². The molecule has 160 valence electrons. The van der Waals surface area contributed by atoms with E-state index in [0.717, 1.165) is 4.88 Å². The van der Waals surface area contributed by atoms with Crippen molar-refractivity contribution in [2.45, 2.75) is 25.2 Å². The highest BCUT2D eigenvalue weighted by Crippen LogP contribution is 2.48. The van der Waals surface area contributed by atoms with E-state index in [9.17, 15) is 14.4 Å². The first kappa shape index (κ1) is 21.0. The number of aromatic nitrogens is 1. The number of nitrogens with one attached hydrogen (secondary N) is 1. The Morgan fingerprint density at radius 1 is 1.19 bits per heavy atom. The van der Waals surface area contributed by atoms with Crippen LogP contribution in [-0.4, -0.2) is 36.9 Å². The standard InChI is InChI=1S/C23H22N2O5S/c1-12-17(22(27)29-2)18(13-6-4-8-24-11-13)20-15(25-12)10-14(16-7-5-9-31-16)19(21(20)26)23(28)30-3/h4-9,11,14,18-19,25H,10H2,1-3H3/t14-,18-,19-/m1/s1. The average Bonchev–Trinajstić information content (AvgIpc) is 3.32. The summed E-state index contributed by atoms with van der Waals surface area (Å²) in [7, 11) is 2.59. The molecule has 2 aliphatic rings. The van der Waals surface area contributed by atoms with Crippen molar-refractivity contribution in [3.8, 4) is 0 Å². The summed E-state index contributed by atoms with van der Waals surface area (Å²) in [6, 6.07) is 7.39. The Hall–Kier alpha value is -3.26. The number of dihydropyridines is 1. The third-order valence-electron chi connectivity index (χ3n) is 5.81. The summed E-state index contributed by atoms with van der Waals surface area (Å²) in [5.74, 6) is -3.46. The molecule has 0 aromatic carbocycles. The summed E-state index contributed by atoms with van der Waals surface area (Å²) in [4.78, 5) is 44.4. The Bertz CT molecular complexity index is 1090. The molecule has 1 aliphatic heterocycles. The summed E-state index contributed by atoms with van der Waals surface area (Å²) in [6.45, 7) is 1.79. The third kappa shape index (κ3) is 3.57. The molecule has 8 heteroatoms. The molecule has 1 N–H and O–H groups in total. The second kappa shape index (κ2) is 8.47. The summed E-state index contributed by atoms with van der Waals surface area (Å²) >= 11 is 1.50. The molecule has 0 unspecified atom stereocenters. The van der Waals surface area contributed by atoms with E-state index in [1.165, 1.54) is 25.6 Å². The van der Waals surface area contributed by atoms with Crippen LogP contribution in [0, 0.1) is 5.92 Å². The highest BCUT2D eigenvalue weighted by Gasteiger charge is 2.49. The third-order valence-corrected chi connectivity index (χ3v) is 6.81. The van der Waals surface area contributed by atoms with Gasteiger partial charge in [-0.3, -0.25) is 14.6 Å². The van der Waals surface area contributed by atoms with Gasteiger partial charge in [0.25, 0.3) is 0 Å². The smallest absolute Gasteiger partial charge is 0.336 e. The number of carbonyl (C=O) groups is 3. The monoisotopic (exact) mass is 438 g/mol. The van der Waals surface area contributed by atoms with Gasteiger partial charge in [-0.05, 0) is 36.4 Å². The maximum atomic E-state index is 13.8. The lowest BCUT2D eigenvalue weighted by atomic mass is 9.68. The minimum absolute atomic E-state index is 0.334. The fourth-order valence-electron chi connectivity index (χ4n) is 4.46. The number of nitrogens with zero attached hydrogens (tertiary/aromatic N) is 1. The molecule has 0 saturated heterocycles. The Kier molecular flexibility index (Phi) is 5.73. The number of esters is 2. The van der Waals surface area contributed by atoms with Crippen LogP contribution in [0.4, 0.5) is 0 Å². The molecule has 3 heterocycles. The van der Waals surface area contributed by atoms with Gasteiger partial charge >= 0.3 is 11.9 Å². The predicted molar refractivity (Wildman–Crippen MR) is 114 cm³/mol. The number of pyridine rings is 1. The number of methoxy groups -OCH3 is 2. The second-order valence-electron chi connectivity index (χ2n) is 7.46. The number of carbonyl (C=O) groups excluding carboxylic acids is 3. The van der Waals surface area contributed by atoms with Crippen molar-refractivity contribution in [3.05, 3.63) is 75.0 Å². The lowest BCUT2D eigenvalue weighted by Crippen LogP contribution is -2.43. The Labute approximate surface area is 183 Å². The van der Waals surface area contributed by atoms with E-state index in [1.54, 1.807) is 25.4 Å². The van der Waals surface area contributed by atoms with Crippen molar-refractivity contribution in [2.75, 3.05) is 14.2 Å². The zero-order valence-corrected chi connectivity index (χ0v) is 18.2. The summed E-state index contributed by atoms with van der Waals surface area (Å²) in [6.07, 6.45) is 3.70. The lowest BCUT2D eigenvalue weighted by molar-refractivity contribution is -0.149. The number of hydrogen-bond acceptors (Lipinski definition) is 8. The minimum Gasteiger partial charge on any atom is -0.468 e. The number of rotatable bonds is 4. The van der Waals surface area contributed by atoms with Gasteiger partial charge in [0, 0.05) is 46.1 Å². The Balaban J connectivity index is 1.90. The van der Waals surface area contributed by atoms with Crippen LogP contribution in [0.5, 0.6) is 0 Å². The van der Waals surface area contributed by atoms with Gasteiger partial charge in [0.15, 0.2) is 5.78 Å². The zero-order chi connectivity index (χ0) is 22.1. The van der Waals surface area contributed by atoms with Gasteiger partial charge in [-0.2, -0.15) is 0 Å². The number of ether oxygens (including phenoxy) is 2. The molecule has 0 radical (unpaired) electrons. The minimum atomic E-state index is -0.985. The molecule has 7 nitrogen and oxygen atoms in total. The molecule has 2 aromatic heterocycles. The maximum Gasteiger partial charge on any atom is 0.336 e. The van der Waals surface area contributed by atoms with E-state index < -0.39 is 23.8 Å². The molecule has 0 spiro atoms. The predicted octanol–water partition coefficient (Wildman–Crippen LogP) is 3.08. The zero-order valence-electron chi connectivity index (χ0n) is 17.4. The number of hydrogen-bond donors (Lipinski definition) is 1. The normalized spacial score (nSPS) is 23.2. The van der Waals surface area contributed by atoms with Crippen molar-refractivity contribution in [1.82, 2.24) is 10.3 Å². The average molecular weight is 439 g/mol. The van der Waals surface area contributed by atoms with Crippen LogP contribution in [0.25, 0.3) is 0 Å². The van der Waals surface area contributed by atoms with E-state index in [1.807, 2.05) is 23.6 Å². The van der Waals surface area contributed by atoms with Crippen LogP contribution in [0.2, 0.25) is 0 Å². The van der Waals surface area contributed by atoms with Gasteiger partial charge in [-0.1, -0.05) is 12.1 Å². The summed E-state index contributed by atoms with van der Waals surface area (Å²) in [5, 5.41) is 5.17. The highest BCUT2D eigenvalue weighted by molar-refractivity contribution is 7.10. The first-order chi connectivity index (χ1) is 15.0. The van der Waals surface area contributed by atoms with Crippen LogP contribution in [-0.2, 0) is 23.9 Å². The molecule has 0 amide bonds.